The van der Waals surface area contributed by atoms with Gasteiger partial charge < -0.3 is 20.9 Å². The van der Waals surface area contributed by atoms with Crippen LogP contribution in [0, 0.1) is 5.82 Å². The zero-order valence-electron chi connectivity index (χ0n) is 19.6. The minimum atomic E-state index is -4.86. The maximum absolute atomic E-state index is 14.3. The number of fused-ring (bicyclic) bond motifs is 1. The van der Waals surface area contributed by atoms with Gasteiger partial charge in [0.05, 0.1) is 18.4 Å². The Bertz CT molecular complexity index is 1320. The van der Waals surface area contributed by atoms with Crippen LogP contribution in [0.25, 0.3) is 11.2 Å². The largest absolute Gasteiger partial charge is 0.419 e. The average molecular weight is 503 g/mol. The topological polar surface area (TPSA) is 112 Å². The van der Waals surface area contributed by atoms with Crippen molar-refractivity contribution in [3.63, 3.8) is 0 Å². The van der Waals surface area contributed by atoms with Crippen LogP contribution in [0.15, 0.2) is 49.2 Å². The van der Waals surface area contributed by atoms with Gasteiger partial charge in [-0.25, -0.2) is 19.3 Å². The van der Waals surface area contributed by atoms with E-state index < -0.39 is 17.6 Å². The Morgan fingerprint density at radius 1 is 1.08 bits per heavy atom. The summed E-state index contributed by atoms with van der Waals surface area (Å²) in [6.45, 7) is 2.72. The number of hydrogen-bond donors (Lipinski definition) is 2. The fraction of sp³-hybridized carbons (Fsp3) is 0.333. The van der Waals surface area contributed by atoms with Crippen molar-refractivity contribution in [1.29, 1.82) is 0 Å². The van der Waals surface area contributed by atoms with Crippen molar-refractivity contribution in [2.75, 3.05) is 23.7 Å². The molecule has 0 aliphatic carbocycles. The molecule has 12 heteroatoms. The van der Waals surface area contributed by atoms with E-state index >= 15 is 0 Å². The summed E-state index contributed by atoms with van der Waals surface area (Å²) in [7, 11) is 0. The Labute approximate surface area is 205 Å². The van der Waals surface area contributed by atoms with Gasteiger partial charge >= 0.3 is 6.18 Å². The van der Waals surface area contributed by atoms with Crippen LogP contribution in [0.1, 0.15) is 30.2 Å². The van der Waals surface area contributed by atoms with E-state index in [4.69, 9.17) is 11.5 Å². The highest BCUT2D eigenvalue weighted by molar-refractivity contribution is 5.81. The van der Waals surface area contributed by atoms with E-state index in [9.17, 15) is 17.6 Å². The summed E-state index contributed by atoms with van der Waals surface area (Å²) in [5, 5.41) is 0. The molecule has 0 bridgehead atoms. The zero-order chi connectivity index (χ0) is 25.9. The maximum Gasteiger partial charge on any atom is 0.419 e. The van der Waals surface area contributed by atoms with Gasteiger partial charge in [0, 0.05) is 42.3 Å². The molecule has 1 aliphatic heterocycles. The molecule has 0 saturated carbocycles. The summed E-state index contributed by atoms with van der Waals surface area (Å²) in [5.41, 5.74) is 12.2. The lowest BCUT2D eigenvalue weighted by Crippen LogP contribution is -2.28. The van der Waals surface area contributed by atoms with Gasteiger partial charge in [-0.2, -0.15) is 13.2 Å². The quantitative estimate of drug-likeness (QED) is 0.408. The Hall–Kier alpha value is -3.80. The van der Waals surface area contributed by atoms with Crippen LogP contribution >= 0.6 is 0 Å². The number of rotatable bonds is 4. The molecule has 4 N–H and O–H groups in total. The molecule has 1 aromatic carbocycles. The molecule has 8 nitrogen and oxygen atoms in total. The monoisotopic (exact) mass is 502 g/mol. The molecule has 1 unspecified atom stereocenters. The van der Waals surface area contributed by atoms with Crippen LogP contribution in [0.3, 0.4) is 0 Å². The molecule has 0 spiro atoms. The number of anilines is 2. The Balaban J connectivity index is 0.000000325. The first kappa shape index (κ1) is 25.3. The average Bonchev–Trinajstić information content (AvgIpc) is 3.46. The first-order valence-corrected chi connectivity index (χ1v) is 11.4. The van der Waals surface area contributed by atoms with Gasteiger partial charge in [-0.1, -0.05) is 13.0 Å². The smallest absolute Gasteiger partial charge is 0.382 e. The number of aromatic nitrogens is 5. The lowest BCUT2D eigenvalue weighted by molar-refractivity contribution is -0.140. The number of halogens is 4. The summed E-state index contributed by atoms with van der Waals surface area (Å²) in [6.07, 6.45) is 1.16. The zero-order valence-corrected chi connectivity index (χ0v) is 19.6. The Kier molecular flexibility index (Phi) is 7.34. The Morgan fingerprint density at radius 2 is 1.89 bits per heavy atom. The lowest BCUT2D eigenvalue weighted by atomic mass is 10.0. The highest BCUT2D eigenvalue weighted by Crippen LogP contribution is 2.39. The number of alkyl halides is 3. The number of benzene rings is 1. The van der Waals surface area contributed by atoms with Gasteiger partial charge in [0.2, 0.25) is 0 Å². The van der Waals surface area contributed by atoms with Crippen molar-refractivity contribution in [3.05, 3.63) is 71.8 Å². The number of hydrogen-bond acceptors (Lipinski definition) is 7. The third-order valence-electron chi connectivity index (χ3n) is 5.93. The molecular weight excluding hydrogens is 476 g/mol. The van der Waals surface area contributed by atoms with Gasteiger partial charge in [0.25, 0.3) is 0 Å². The summed E-state index contributed by atoms with van der Waals surface area (Å²) in [6, 6.07) is 8.03. The molecular formula is C24H26F4N8. The second-order valence-electron chi connectivity index (χ2n) is 8.39. The summed E-state index contributed by atoms with van der Waals surface area (Å²) >= 11 is 0. The SMILES string of the molecule is CCc1ccccn1.Nc1ncnc2c1ncn2Cc1c(N2CCC(N)C2)ccc(F)c1C(F)(F)F. The molecule has 1 saturated heterocycles. The van der Waals surface area contributed by atoms with Crippen LogP contribution < -0.4 is 16.4 Å². The second kappa shape index (κ2) is 10.4. The van der Waals surface area contributed by atoms with Crippen LogP contribution in [0.4, 0.5) is 29.1 Å². The van der Waals surface area contributed by atoms with Crippen LogP contribution in [-0.2, 0) is 19.1 Å². The summed E-state index contributed by atoms with van der Waals surface area (Å²) < 4.78 is 56.8. The standard InChI is InChI=1S/C17H17F4N7.C7H9N/c18-11-1-2-12(27-4-3-9(22)5-27)10(13(11)17(19,20)21)6-28-8-26-14-15(23)24-7-25-16(14)28;1-2-7-5-3-4-6-8-7/h1-2,7-9H,3-6,22H2,(H2,23,24,25);3-6H,2H2,1H3. The number of imidazole rings is 1. The summed E-state index contributed by atoms with van der Waals surface area (Å²) in [5.74, 6) is -1.21. The molecule has 190 valence electrons. The lowest BCUT2D eigenvalue weighted by Gasteiger charge is -2.25. The minimum absolute atomic E-state index is 0.116. The van der Waals surface area contributed by atoms with Crippen LogP contribution in [0.2, 0.25) is 0 Å². The summed E-state index contributed by atoms with van der Waals surface area (Å²) in [4.78, 5) is 17.8. The number of nitrogen functional groups attached to an aromatic ring is 1. The van der Waals surface area contributed by atoms with Crippen molar-refractivity contribution in [1.82, 2.24) is 24.5 Å². The molecule has 4 aromatic rings. The molecule has 5 rings (SSSR count). The molecule has 0 amide bonds. The first-order chi connectivity index (χ1) is 17.2. The highest BCUT2D eigenvalue weighted by Gasteiger charge is 2.39. The van der Waals surface area contributed by atoms with Crippen molar-refractivity contribution in [2.24, 2.45) is 5.73 Å². The van der Waals surface area contributed by atoms with Gasteiger partial charge in [-0.15, -0.1) is 0 Å². The molecule has 36 heavy (non-hydrogen) atoms. The molecule has 0 radical (unpaired) electrons. The second-order valence-corrected chi connectivity index (χ2v) is 8.39. The van der Waals surface area contributed by atoms with E-state index in [0.29, 0.717) is 25.2 Å². The fourth-order valence-electron chi connectivity index (χ4n) is 4.17. The van der Waals surface area contributed by atoms with Crippen molar-refractivity contribution in [2.45, 2.75) is 38.5 Å². The highest BCUT2D eigenvalue weighted by atomic mass is 19.4. The van der Waals surface area contributed by atoms with Crippen molar-refractivity contribution < 1.29 is 17.6 Å². The van der Waals surface area contributed by atoms with E-state index in [0.717, 1.165) is 18.2 Å². The fourth-order valence-corrected chi connectivity index (χ4v) is 4.17. The van der Waals surface area contributed by atoms with Crippen LogP contribution in [0.5, 0.6) is 0 Å². The van der Waals surface area contributed by atoms with E-state index in [2.05, 4.69) is 26.9 Å². The normalized spacial score (nSPS) is 15.7. The van der Waals surface area contributed by atoms with Gasteiger partial charge in [-0.05, 0) is 37.1 Å². The van der Waals surface area contributed by atoms with E-state index in [-0.39, 0.29) is 35.1 Å². The van der Waals surface area contributed by atoms with E-state index in [1.165, 1.54) is 23.3 Å². The van der Waals surface area contributed by atoms with Crippen LogP contribution in [-0.4, -0.2) is 43.6 Å². The van der Waals surface area contributed by atoms with E-state index in [1.807, 2.05) is 24.4 Å². The number of nitrogens with zero attached hydrogens (tertiary/aromatic N) is 6. The van der Waals surface area contributed by atoms with Crippen molar-refractivity contribution in [3.8, 4) is 0 Å². The predicted octanol–water partition coefficient (Wildman–Crippen LogP) is 3.80. The molecule has 1 aliphatic rings. The molecule has 4 heterocycles. The van der Waals surface area contributed by atoms with Gasteiger partial charge in [-0.3, -0.25) is 4.98 Å². The molecule has 1 fully saturated rings. The van der Waals surface area contributed by atoms with Crippen molar-refractivity contribution >= 4 is 22.7 Å². The first-order valence-electron chi connectivity index (χ1n) is 11.4. The van der Waals surface area contributed by atoms with Gasteiger partial charge in [0.1, 0.15) is 17.7 Å². The maximum atomic E-state index is 14.3. The number of aryl methyl sites for hydroxylation is 1. The van der Waals surface area contributed by atoms with Gasteiger partial charge in [0.15, 0.2) is 11.5 Å². The third-order valence-corrected chi connectivity index (χ3v) is 5.93. The molecule has 3 aromatic heterocycles. The number of pyridine rings is 1. The minimum Gasteiger partial charge on any atom is -0.382 e. The van der Waals surface area contributed by atoms with E-state index in [1.54, 1.807) is 4.90 Å². The molecule has 1 atom stereocenters. The number of nitrogens with two attached hydrogens (primary N) is 2. The third kappa shape index (κ3) is 5.38. The predicted molar refractivity (Wildman–Crippen MR) is 129 cm³/mol. The Morgan fingerprint density at radius 3 is 2.50 bits per heavy atom.